The molecule has 0 radical (unpaired) electrons. The van der Waals surface area contributed by atoms with Crippen LogP contribution in [0.15, 0.2) is 36.4 Å². The highest BCUT2D eigenvalue weighted by Crippen LogP contribution is 2.32. The topological polar surface area (TPSA) is 38.0 Å². The third-order valence-electron chi connectivity index (χ3n) is 2.19. The van der Waals surface area contributed by atoms with Gasteiger partial charge in [-0.25, -0.2) is 0 Å². The van der Waals surface area contributed by atoms with Crippen molar-refractivity contribution < 1.29 is 0 Å². The lowest BCUT2D eigenvalue weighted by atomic mass is 10.2. The molecular weight excluding hydrogens is 279 g/mol. The summed E-state index contributed by atoms with van der Waals surface area (Å²) in [5.74, 6) is 0. The molecule has 2 rings (SSSR count). The first-order valence-electron chi connectivity index (χ1n) is 4.83. The standard InChI is InChI=1S/C12H9Cl3N2/c13-7-1-3-11(9(14)5-7)17-12-4-2-8(16)6-10(12)15/h1-6,17H,16H2. The molecule has 17 heavy (non-hydrogen) atoms. The van der Waals surface area contributed by atoms with E-state index >= 15 is 0 Å². The molecule has 0 saturated carbocycles. The van der Waals surface area contributed by atoms with Crippen LogP contribution in [0.25, 0.3) is 0 Å². The van der Waals surface area contributed by atoms with Gasteiger partial charge < -0.3 is 11.1 Å². The summed E-state index contributed by atoms with van der Waals surface area (Å²) in [6.07, 6.45) is 0. The minimum Gasteiger partial charge on any atom is -0.399 e. The van der Waals surface area contributed by atoms with Crippen molar-refractivity contribution in [2.45, 2.75) is 0 Å². The zero-order chi connectivity index (χ0) is 12.4. The molecule has 5 heteroatoms. The number of anilines is 3. The van der Waals surface area contributed by atoms with Crippen LogP contribution in [-0.2, 0) is 0 Å². The molecule has 2 nitrogen and oxygen atoms in total. The largest absolute Gasteiger partial charge is 0.399 e. The minimum absolute atomic E-state index is 0.533. The van der Waals surface area contributed by atoms with E-state index in [1.54, 1.807) is 36.4 Å². The maximum absolute atomic E-state index is 6.05. The monoisotopic (exact) mass is 286 g/mol. The smallest absolute Gasteiger partial charge is 0.0661 e. The Balaban J connectivity index is 2.31. The number of benzene rings is 2. The first kappa shape index (κ1) is 12.4. The van der Waals surface area contributed by atoms with Crippen LogP contribution >= 0.6 is 34.8 Å². The summed E-state index contributed by atoms with van der Waals surface area (Å²) in [5, 5.41) is 4.77. The number of hydrogen-bond donors (Lipinski definition) is 2. The van der Waals surface area contributed by atoms with Gasteiger partial charge in [0.1, 0.15) is 0 Å². The van der Waals surface area contributed by atoms with Crippen LogP contribution in [0.4, 0.5) is 17.1 Å². The number of halogens is 3. The molecule has 0 saturated heterocycles. The number of nitrogens with two attached hydrogens (primary N) is 1. The van der Waals surface area contributed by atoms with Crippen LogP contribution in [-0.4, -0.2) is 0 Å². The van der Waals surface area contributed by atoms with Crippen LogP contribution in [0.5, 0.6) is 0 Å². The van der Waals surface area contributed by atoms with E-state index in [0.717, 1.165) is 11.4 Å². The van der Waals surface area contributed by atoms with E-state index in [1.807, 2.05) is 0 Å². The molecule has 0 spiro atoms. The summed E-state index contributed by atoms with van der Waals surface area (Å²) in [5.41, 5.74) is 7.71. The molecule has 3 N–H and O–H groups in total. The predicted molar refractivity (Wildman–Crippen MR) is 75.6 cm³/mol. The van der Waals surface area contributed by atoms with Gasteiger partial charge in [-0.15, -0.1) is 0 Å². The zero-order valence-corrected chi connectivity index (χ0v) is 10.9. The summed E-state index contributed by atoms with van der Waals surface area (Å²) in [4.78, 5) is 0. The Labute approximate surface area is 114 Å². The van der Waals surface area contributed by atoms with Gasteiger partial charge in [-0.05, 0) is 36.4 Å². The van der Waals surface area contributed by atoms with Crippen molar-refractivity contribution in [3.63, 3.8) is 0 Å². The van der Waals surface area contributed by atoms with Gasteiger partial charge in [-0.2, -0.15) is 0 Å². The third kappa shape index (κ3) is 2.97. The summed E-state index contributed by atoms with van der Waals surface area (Å²) < 4.78 is 0. The SMILES string of the molecule is Nc1ccc(Nc2ccc(Cl)cc2Cl)c(Cl)c1. The summed E-state index contributed by atoms with van der Waals surface area (Å²) in [6.45, 7) is 0. The van der Waals surface area contributed by atoms with Crippen molar-refractivity contribution >= 4 is 51.9 Å². The van der Waals surface area contributed by atoms with Gasteiger partial charge in [-0.1, -0.05) is 34.8 Å². The number of hydrogen-bond acceptors (Lipinski definition) is 2. The van der Waals surface area contributed by atoms with Gasteiger partial charge in [-0.3, -0.25) is 0 Å². The highest BCUT2D eigenvalue weighted by Gasteiger charge is 2.04. The van der Waals surface area contributed by atoms with Gasteiger partial charge >= 0.3 is 0 Å². The molecule has 0 unspecified atom stereocenters. The van der Waals surface area contributed by atoms with E-state index in [2.05, 4.69) is 5.32 Å². The molecule has 0 aromatic heterocycles. The molecule has 0 aliphatic heterocycles. The fraction of sp³-hybridized carbons (Fsp3) is 0. The molecule has 0 fully saturated rings. The van der Waals surface area contributed by atoms with E-state index in [1.165, 1.54) is 0 Å². The van der Waals surface area contributed by atoms with Crippen LogP contribution in [0.3, 0.4) is 0 Å². The van der Waals surface area contributed by atoms with Crippen molar-refractivity contribution in [2.24, 2.45) is 0 Å². The highest BCUT2D eigenvalue weighted by atomic mass is 35.5. The maximum Gasteiger partial charge on any atom is 0.0661 e. The van der Waals surface area contributed by atoms with Gasteiger partial charge in [0.2, 0.25) is 0 Å². The molecule has 88 valence electrons. The van der Waals surface area contributed by atoms with E-state index in [0.29, 0.717) is 20.8 Å². The fourth-order valence-electron chi connectivity index (χ4n) is 1.37. The van der Waals surface area contributed by atoms with Crippen molar-refractivity contribution in [3.8, 4) is 0 Å². The number of nitrogen functional groups attached to an aromatic ring is 1. The number of nitrogens with one attached hydrogen (secondary N) is 1. The molecule has 0 bridgehead atoms. The second-order valence-corrected chi connectivity index (χ2v) is 4.74. The van der Waals surface area contributed by atoms with Crippen LogP contribution < -0.4 is 11.1 Å². The van der Waals surface area contributed by atoms with E-state index in [9.17, 15) is 0 Å². The predicted octanol–water partition coefficient (Wildman–Crippen LogP) is 4.97. The van der Waals surface area contributed by atoms with E-state index in [-0.39, 0.29) is 0 Å². The van der Waals surface area contributed by atoms with Crippen LogP contribution in [0, 0.1) is 0 Å². The minimum atomic E-state index is 0.533. The number of rotatable bonds is 2. The average Bonchev–Trinajstić information content (AvgIpc) is 2.25. The van der Waals surface area contributed by atoms with Gasteiger partial charge in [0.25, 0.3) is 0 Å². The van der Waals surface area contributed by atoms with Gasteiger partial charge in [0.15, 0.2) is 0 Å². The Morgan fingerprint density at radius 3 is 2.00 bits per heavy atom. The lowest BCUT2D eigenvalue weighted by Crippen LogP contribution is -1.93. The molecule has 0 aliphatic rings. The van der Waals surface area contributed by atoms with Crippen LogP contribution in [0.1, 0.15) is 0 Å². The summed E-state index contributed by atoms with van der Waals surface area (Å²) in [6, 6.07) is 10.4. The zero-order valence-electron chi connectivity index (χ0n) is 8.68. The molecule has 2 aromatic rings. The Morgan fingerprint density at radius 1 is 0.824 bits per heavy atom. The lowest BCUT2D eigenvalue weighted by Gasteiger charge is -2.10. The molecule has 0 amide bonds. The van der Waals surface area contributed by atoms with Gasteiger partial charge in [0, 0.05) is 10.7 Å². The first-order valence-corrected chi connectivity index (χ1v) is 5.97. The molecular formula is C12H9Cl3N2. The van der Waals surface area contributed by atoms with Crippen molar-refractivity contribution in [2.75, 3.05) is 11.1 Å². The third-order valence-corrected chi connectivity index (χ3v) is 3.05. The van der Waals surface area contributed by atoms with Crippen LogP contribution in [0.2, 0.25) is 15.1 Å². The van der Waals surface area contributed by atoms with Crippen molar-refractivity contribution in [1.29, 1.82) is 0 Å². The Kier molecular flexibility index (Phi) is 3.67. The second kappa shape index (κ2) is 5.05. The Morgan fingerprint density at radius 2 is 1.41 bits per heavy atom. The first-order chi connectivity index (χ1) is 8.06. The second-order valence-electron chi connectivity index (χ2n) is 3.49. The summed E-state index contributed by atoms with van der Waals surface area (Å²) >= 11 is 17.9. The summed E-state index contributed by atoms with van der Waals surface area (Å²) in [7, 11) is 0. The Bertz CT molecular complexity index is 506. The maximum atomic E-state index is 6.05. The average molecular weight is 288 g/mol. The molecule has 0 aliphatic carbocycles. The fourth-order valence-corrected chi connectivity index (χ4v) is 2.06. The molecule has 0 atom stereocenters. The molecule has 2 aromatic carbocycles. The van der Waals surface area contributed by atoms with E-state index < -0.39 is 0 Å². The van der Waals surface area contributed by atoms with Crippen molar-refractivity contribution in [3.05, 3.63) is 51.5 Å². The van der Waals surface area contributed by atoms with E-state index in [4.69, 9.17) is 40.5 Å². The lowest BCUT2D eigenvalue weighted by molar-refractivity contribution is 1.55. The van der Waals surface area contributed by atoms with Gasteiger partial charge in [0.05, 0.1) is 21.4 Å². The quantitative estimate of drug-likeness (QED) is 0.765. The highest BCUT2D eigenvalue weighted by molar-refractivity contribution is 6.37. The molecule has 0 heterocycles. The Hall–Kier alpha value is -1.09. The van der Waals surface area contributed by atoms with Crippen molar-refractivity contribution in [1.82, 2.24) is 0 Å². The normalized spacial score (nSPS) is 10.3.